The number of nitrogens with zero attached hydrogens (tertiary/aromatic N) is 3. The molecule has 1 aromatic rings. The zero-order chi connectivity index (χ0) is 11.2. The fraction of sp³-hybridized carbons (Fsp3) is 0.727. The van der Waals surface area contributed by atoms with Crippen molar-refractivity contribution in [3.63, 3.8) is 0 Å². The zero-order valence-corrected chi connectivity index (χ0v) is 9.99. The summed E-state index contributed by atoms with van der Waals surface area (Å²) in [7, 11) is 2.13. The van der Waals surface area contributed by atoms with E-state index in [-0.39, 0.29) is 6.04 Å². The van der Waals surface area contributed by atoms with E-state index < -0.39 is 0 Å². The maximum atomic E-state index is 5.95. The Kier molecular flexibility index (Phi) is 2.56. The molecule has 1 fully saturated rings. The standard InChI is InChI=1S/C11H20N4/c1-7(12)11-8(2)13-15(9(11)3)10-5-14(4)6-10/h7,10H,5-6,12H2,1-4H3. The average molecular weight is 208 g/mol. The van der Waals surface area contributed by atoms with Gasteiger partial charge in [0.25, 0.3) is 0 Å². The molecule has 1 aliphatic heterocycles. The van der Waals surface area contributed by atoms with Crippen molar-refractivity contribution in [3.05, 3.63) is 17.0 Å². The van der Waals surface area contributed by atoms with Gasteiger partial charge < -0.3 is 10.6 Å². The van der Waals surface area contributed by atoms with E-state index in [1.807, 2.05) is 13.8 Å². The van der Waals surface area contributed by atoms with Crippen LogP contribution in [-0.2, 0) is 0 Å². The number of hydrogen-bond donors (Lipinski definition) is 1. The van der Waals surface area contributed by atoms with Crippen LogP contribution in [0.5, 0.6) is 0 Å². The average Bonchev–Trinajstić information content (AvgIpc) is 2.36. The van der Waals surface area contributed by atoms with E-state index in [0.717, 1.165) is 18.8 Å². The molecule has 0 amide bonds. The van der Waals surface area contributed by atoms with Gasteiger partial charge in [-0.1, -0.05) is 0 Å². The topological polar surface area (TPSA) is 47.1 Å². The van der Waals surface area contributed by atoms with Crippen molar-refractivity contribution in [2.75, 3.05) is 20.1 Å². The van der Waals surface area contributed by atoms with Crippen LogP contribution in [0.15, 0.2) is 0 Å². The van der Waals surface area contributed by atoms with Gasteiger partial charge in [0.15, 0.2) is 0 Å². The number of aryl methyl sites for hydroxylation is 1. The third kappa shape index (κ3) is 1.68. The minimum atomic E-state index is 0.0801. The van der Waals surface area contributed by atoms with E-state index >= 15 is 0 Å². The van der Waals surface area contributed by atoms with Crippen LogP contribution >= 0.6 is 0 Å². The molecule has 0 spiro atoms. The lowest BCUT2D eigenvalue weighted by Gasteiger charge is -2.36. The molecule has 1 unspecified atom stereocenters. The molecule has 0 aromatic carbocycles. The van der Waals surface area contributed by atoms with Gasteiger partial charge in [0.2, 0.25) is 0 Å². The zero-order valence-electron chi connectivity index (χ0n) is 9.99. The van der Waals surface area contributed by atoms with Crippen LogP contribution in [0.1, 0.15) is 36.0 Å². The first-order valence-corrected chi connectivity index (χ1v) is 5.50. The fourth-order valence-corrected chi connectivity index (χ4v) is 2.51. The summed E-state index contributed by atoms with van der Waals surface area (Å²) < 4.78 is 2.15. The van der Waals surface area contributed by atoms with Crippen molar-refractivity contribution >= 4 is 0 Å². The van der Waals surface area contributed by atoms with Crippen LogP contribution in [0.2, 0.25) is 0 Å². The molecule has 2 N–H and O–H groups in total. The molecule has 1 aliphatic rings. The van der Waals surface area contributed by atoms with Crippen LogP contribution in [0.25, 0.3) is 0 Å². The molecule has 0 radical (unpaired) electrons. The van der Waals surface area contributed by atoms with Crippen LogP contribution in [-0.4, -0.2) is 34.8 Å². The van der Waals surface area contributed by atoms with Crippen molar-refractivity contribution in [1.29, 1.82) is 0 Å². The maximum absolute atomic E-state index is 5.95. The SMILES string of the molecule is Cc1nn(C2CN(C)C2)c(C)c1C(C)N. The number of likely N-dealkylation sites (tertiary alicyclic amines) is 1. The summed E-state index contributed by atoms with van der Waals surface area (Å²) >= 11 is 0. The summed E-state index contributed by atoms with van der Waals surface area (Å²) in [4.78, 5) is 2.30. The van der Waals surface area contributed by atoms with Crippen molar-refractivity contribution in [2.24, 2.45) is 5.73 Å². The van der Waals surface area contributed by atoms with E-state index in [1.165, 1.54) is 11.3 Å². The second kappa shape index (κ2) is 3.61. The van der Waals surface area contributed by atoms with Crippen molar-refractivity contribution < 1.29 is 0 Å². The van der Waals surface area contributed by atoms with E-state index in [1.54, 1.807) is 0 Å². The number of nitrogens with two attached hydrogens (primary N) is 1. The molecular formula is C11H20N4. The Balaban J connectivity index is 2.30. The van der Waals surface area contributed by atoms with Gasteiger partial charge >= 0.3 is 0 Å². The molecule has 2 heterocycles. The van der Waals surface area contributed by atoms with Gasteiger partial charge in [0, 0.05) is 30.4 Å². The van der Waals surface area contributed by atoms with Crippen LogP contribution in [0, 0.1) is 13.8 Å². The van der Waals surface area contributed by atoms with Gasteiger partial charge in [0.05, 0.1) is 11.7 Å². The summed E-state index contributed by atoms with van der Waals surface area (Å²) in [6, 6.07) is 0.623. The first-order valence-electron chi connectivity index (χ1n) is 5.50. The van der Waals surface area contributed by atoms with Gasteiger partial charge in [-0.15, -0.1) is 0 Å². The second-order valence-electron chi connectivity index (χ2n) is 4.69. The third-order valence-electron chi connectivity index (χ3n) is 3.23. The molecule has 4 nitrogen and oxygen atoms in total. The first-order chi connectivity index (χ1) is 7.00. The molecule has 1 aromatic heterocycles. The largest absolute Gasteiger partial charge is 0.324 e. The minimum Gasteiger partial charge on any atom is -0.324 e. The Labute approximate surface area is 91.1 Å². The summed E-state index contributed by atoms with van der Waals surface area (Å²) in [6.07, 6.45) is 0. The highest BCUT2D eigenvalue weighted by Crippen LogP contribution is 2.26. The van der Waals surface area contributed by atoms with Crippen LogP contribution in [0.4, 0.5) is 0 Å². The predicted octanol–water partition coefficient (Wildman–Crippen LogP) is 1.01. The lowest BCUT2D eigenvalue weighted by molar-refractivity contribution is 0.128. The summed E-state index contributed by atoms with van der Waals surface area (Å²) in [5, 5.41) is 4.60. The van der Waals surface area contributed by atoms with Gasteiger partial charge in [0.1, 0.15) is 0 Å². The highest BCUT2D eigenvalue weighted by molar-refractivity contribution is 5.28. The lowest BCUT2D eigenvalue weighted by atomic mass is 10.1. The molecule has 84 valence electrons. The molecule has 1 saturated heterocycles. The Morgan fingerprint density at radius 1 is 1.40 bits per heavy atom. The van der Waals surface area contributed by atoms with E-state index in [0.29, 0.717) is 6.04 Å². The van der Waals surface area contributed by atoms with Gasteiger partial charge in [-0.3, -0.25) is 4.68 Å². The van der Waals surface area contributed by atoms with E-state index in [4.69, 9.17) is 5.73 Å². The van der Waals surface area contributed by atoms with Gasteiger partial charge in [-0.2, -0.15) is 5.10 Å². The van der Waals surface area contributed by atoms with Crippen molar-refractivity contribution in [2.45, 2.75) is 32.9 Å². The summed E-state index contributed by atoms with van der Waals surface area (Å²) in [6.45, 7) is 8.39. The molecule has 0 saturated carbocycles. The molecule has 0 bridgehead atoms. The number of aromatic nitrogens is 2. The number of rotatable bonds is 2. The Bertz CT molecular complexity index is 361. The molecular weight excluding hydrogens is 188 g/mol. The van der Waals surface area contributed by atoms with Gasteiger partial charge in [-0.05, 0) is 27.8 Å². The third-order valence-corrected chi connectivity index (χ3v) is 3.23. The Hall–Kier alpha value is -0.870. The Morgan fingerprint density at radius 3 is 2.40 bits per heavy atom. The first kappa shape index (κ1) is 10.6. The molecule has 0 aliphatic carbocycles. The Morgan fingerprint density at radius 2 is 2.00 bits per heavy atom. The maximum Gasteiger partial charge on any atom is 0.0775 e. The number of likely N-dealkylation sites (N-methyl/N-ethyl adjacent to an activating group) is 1. The molecule has 1 atom stereocenters. The quantitative estimate of drug-likeness (QED) is 0.789. The molecule has 4 heteroatoms. The fourth-order valence-electron chi connectivity index (χ4n) is 2.51. The number of hydrogen-bond acceptors (Lipinski definition) is 3. The second-order valence-corrected chi connectivity index (χ2v) is 4.69. The normalized spacial score (nSPS) is 20.3. The van der Waals surface area contributed by atoms with E-state index in [9.17, 15) is 0 Å². The van der Waals surface area contributed by atoms with Crippen LogP contribution < -0.4 is 5.73 Å². The van der Waals surface area contributed by atoms with Crippen LogP contribution in [0.3, 0.4) is 0 Å². The van der Waals surface area contributed by atoms with Crippen molar-refractivity contribution in [1.82, 2.24) is 14.7 Å². The summed E-state index contributed by atoms with van der Waals surface area (Å²) in [5.41, 5.74) is 9.48. The highest BCUT2D eigenvalue weighted by Gasteiger charge is 2.28. The van der Waals surface area contributed by atoms with Gasteiger partial charge in [-0.25, -0.2) is 0 Å². The minimum absolute atomic E-state index is 0.0801. The molecule has 2 rings (SSSR count). The molecule has 15 heavy (non-hydrogen) atoms. The highest BCUT2D eigenvalue weighted by atomic mass is 15.4. The van der Waals surface area contributed by atoms with Crippen molar-refractivity contribution in [3.8, 4) is 0 Å². The van der Waals surface area contributed by atoms with E-state index in [2.05, 4.69) is 28.7 Å². The smallest absolute Gasteiger partial charge is 0.0775 e. The summed E-state index contributed by atoms with van der Waals surface area (Å²) in [5.74, 6) is 0. The lowest BCUT2D eigenvalue weighted by Crippen LogP contribution is -2.45. The predicted molar refractivity (Wildman–Crippen MR) is 60.8 cm³/mol. The monoisotopic (exact) mass is 208 g/mol.